The van der Waals surface area contributed by atoms with Crippen LogP contribution in [0.3, 0.4) is 0 Å². The molecule has 36 heavy (non-hydrogen) atoms. The fraction of sp³-hybridized carbons (Fsp3) is 0.310. The third-order valence-corrected chi connectivity index (χ3v) is 6.42. The summed E-state index contributed by atoms with van der Waals surface area (Å²) in [5.74, 6) is 2.30. The van der Waals surface area contributed by atoms with Gasteiger partial charge < -0.3 is 23.8 Å². The van der Waals surface area contributed by atoms with E-state index in [0.29, 0.717) is 43.8 Å². The van der Waals surface area contributed by atoms with Crippen molar-refractivity contribution in [1.29, 1.82) is 0 Å². The highest BCUT2D eigenvalue weighted by atomic mass is 16.5. The van der Waals surface area contributed by atoms with Crippen molar-refractivity contribution in [2.45, 2.75) is 13.3 Å². The van der Waals surface area contributed by atoms with E-state index in [2.05, 4.69) is 54.3 Å². The number of aromatic nitrogens is 2. The van der Waals surface area contributed by atoms with Gasteiger partial charge in [-0.3, -0.25) is 0 Å². The fourth-order valence-electron chi connectivity index (χ4n) is 4.39. The van der Waals surface area contributed by atoms with Crippen molar-refractivity contribution < 1.29 is 18.9 Å². The predicted molar refractivity (Wildman–Crippen MR) is 141 cm³/mol. The zero-order chi connectivity index (χ0) is 24.9. The Hall–Kier alpha value is -3.84. The highest BCUT2D eigenvalue weighted by molar-refractivity contribution is 5.93. The number of benzene rings is 3. The topological polar surface area (TPSA) is 65.9 Å². The Morgan fingerprint density at radius 1 is 0.833 bits per heavy atom. The number of ether oxygens (including phenoxy) is 4. The Balaban J connectivity index is 1.42. The molecule has 1 fully saturated rings. The molecule has 1 aliphatic heterocycles. The summed E-state index contributed by atoms with van der Waals surface area (Å²) in [6.07, 6.45) is 0.695. The minimum Gasteiger partial charge on any atom is -0.493 e. The van der Waals surface area contributed by atoms with Gasteiger partial charge in [0.1, 0.15) is 5.82 Å². The number of anilines is 1. The van der Waals surface area contributed by atoms with E-state index in [0.717, 1.165) is 40.9 Å². The average molecular weight is 486 g/mol. The van der Waals surface area contributed by atoms with E-state index in [1.807, 2.05) is 18.2 Å². The number of fused-ring (bicyclic) bond motifs is 1. The van der Waals surface area contributed by atoms with Crippen molar-refractivity contribution in [2.75, 3.05) is 52.0 Å². The van der Waals surface area contributed by atoms with Gasteiger partial charge in [0.05, 0.1) is 39.6 Å². The van der Waals surface area contributed by atoms with Crippen molar-refractivity contribution in [2.24, 2.45) is 0 Å². The average Bonchev–Trinajstić information content (AvgIpc) is 2.93. The summed E-state index contributed by atoms with van der Waals surface area (Å²) in [7, 11) is 3.27. The molecular formula is C29H31N3O4. The molecule has 7 heteroatoms. The second-order valence-corrected chi connectivity index (χ2v) is 8.81. The number of hydrogen-bond acceptors (Lipinski definition) is 7. The normalized spacial score (nSPS) is 13.6. The van der Waals surface area contributed by atoms with Gasteiger partial charge in [-0.2, -0.15) is 9.97 Å². The Labute approximate surface area is 211 Å². The molecule has 0 atom stereocenters. The standard InChI is InChI=1S/C29H31N3O4/c1-20-4-7-22(8-5-20)23-9-10-25-24(19-23)28(32-13-16-35-17-14-32)31-29(30-25)36-15-12-21-6-11-26(33-2)27(18-21)34-3/h4-11,18-19H,12-17H2,1-3H3. The lowest BCUT2D eigenvalue weighted by atomic mass is 10.0. The Bertz CT molecular complexity index is 1330. The van der Waals surface area contributed by atoms with E-state index < -0.39 is 0 Å². The molecule has 0 amide bonds. The molecular weight excluding hydrogens is 454 g/mol. The Kier molecular flexibility index (Phi) is 7.18. The molecule has 0 spiro atoms. The van der Waals surface area contributed by atoms with Crippen molar-refractivity contribution in [3.8, 4) is 28.6 Å². The molecule has 3 aromatic carbocycles. The lowest BCUT2D eigenvalue weighted by Crippen LogP contribution is -2.37. The van der Waals surface area contributed by atoms with Crippen LogP contribution in [0.1, 0.15) is 11.1 Å². The molecule has 2 heterocycles. The van der Waals surface area contributed by atoms with Gasteiger partial charge in [-0.05, 0) is 47.9 Å². The first-order chi connectivity index (χ1) is 17.6. The summed E-state index contributed by atoms with van der Waals surface area (Å²) >= 11 is 0. The Morgan fingerprint density at radius 3 is 2.33 bits per heavy atom. The molecule has 1 saturated heterocycles. The molecule has 1 aliphatic rings. The molecule has 0 N–H and O–H groups in total. The number of rotatable bonds is 8. The van der Waals surface area contributed by atoms with Gasteiger partial charge in [0, 0.05) is 24.9 Å². The number of nitrogens with zero attached hydrogens (tertiary/aromatic N) is 3. The van der Waals surface area contributed by atoms with Crippen LogP contribution in [-0.4, -0.2) is 57.1 Å². The molecule has 4 aromatic rings. The molecule has 0 unspecified atom stereocenters. The van der Waals surface area contributed by atoms with Crippen molar-refractivity contribution in [3.05, 3.63) is 71.8 Å². The second kappa shape index (κ2) is 10.8. The van der Waals surface area contributed by atoms with Gasteiger partial charge in [-0.1, -0.05) is 42.0 Å². The van der Waals surface area contributed by atoms with E-state index >= 15 is 0 Å². The number of methoxy groups -OCH3 is 2. The van der Waals surface area contributed by atoms with Gasteiger partial charge >= 0.3 is 6.01 Å². The molecule has 0 bridgehead atoms. The molecule has 186 valence electrons. The monoisotopic (exact) mass is 485 g/mol. The van der Waals surface area contributed by atoms with Crippen LogP contribution < -0.4 is 19.1 Å². The van der Waals surface area contributed by atoms with Crippen molar-refractivity contribution >= 4 is 16.7 Å². The van der Waals surface area contributed by atoms with E-state index in [1.165, 1.54) is 11.1 Å². The second-order valence-electron chi connectivity index (χ2n) is 8.81. The zero-order valence-corrected chi connectivity index (χ0v) is 21.0. The lowest BCUT2D eigenvalue weighted by molar-refractivity contribution is 0.122. The van der Waals surface area contributed by atoms with Gasteiger partial charge in [-0.15, -0.1) is 0 Å². The number of hydrogen-bond donors (Lipinski definition) is 0. The summed E-state index contributed by atoms with van der Waals surface area (Å²) in [4.78, 5) is 11.9. The maximum absolute atomic E-state index is 6.06. The minimum atomic E-state index is 0.382. The van der Waals surface area contributed by atoms with E-state index in [9.17, 15) is 0 Å². The summed E-state index contributed by atoms with van der Waals surface area (Å²) in [6, 6.07) is 21.2. The highest BCUT2D eigenvalue weighted by Gasteiger charge is 2.19. The van der Waals surface area contributed by atoms with Gasteiger partial charge in [0.25, 0.3) is 0 Å². The number of aryl methyl sites for hydroxylation is 1. The van der Waals surface area contributed by atoms with Gasteiger partial charge in [0.15, 0.2) is 11.5 Å². The first kappa shape index (κ1) is 23.9. The van der Waals surface area contributed by atoms with Crippen LogP contribution in [0.25, 0.3) is 22.0 Å². The Morgan fingerprint density at radius 2 is 1.58 bits per heavy atom. The zero-order valence-electron chi connectivity index (χ0n) is 21.0. The quantitative estimate of drug-likeness (QED) is 0.345. The molecule has 0 radical (unpaired) electrons. The van der Waals surface area contributed by atoms with Crippen molar-refractivity contribution in [3.63, 3.8) is 0 Å². The van der Waals surface area contributed by atoms with Crippen LogP contribution in [-0.2, 0) is 11.2 Å². The van der Waals surface area contributed by atoms with Crippen molar-refractivity contribution in [1.82, 2.24) is 9.97 Å². The SMILES string of the molecule is COc1ccc(CCOc2nc(N3CCOCC3)c3cc(-c4ccc(C)cc4)ccc3n2)cc1OC. The van der Waals surface area contributed by atoms with Crippen LogP contribution in [0.4, 0.5) is 5.82 Å². The highest BCUT2D eigenvalue weighted by Crippen LogP contribution is 2.32. The maximum atomic E-state index is 6.06. The maximum Gasteiger partial charge on any atom is 0.318 e. The largest absolute Gasteiger partial charge is 0.493 e. The number of morpholine rings is 1. The van der Waals surface area contributed by atoms with Gasteiger partial charge in [0.2, 0.25) is 0 Å². The third kappa shape index (κ3) is 5.21. The van der Waals surface area contributed by atoms with Crippen LogP contribution >= 0.6 is 0 Å². The van der Waals surface area contributed by atoms with E-state index in [-0.39, 0.29) is 0 Å². The van der Waals surface area contributed by atoms with Gasteiger partial charge in [-0.25, -0.2) is 0 Å². The van der Waals surface area contributed by atoms with E-state index in [4.69, 9.17) is 28.9 Å². The summed E-state index contributed by atoms with van der Waals surface area (Å²) < 4.78 is 22.4. The van der Waals surface area contributed by atoms with E-state index in [1.54, 1.807) is 14.2 Å². The molecule has 7 nitrogen and oxygen atoms in total. The minimum absolute atomic E-state index is 0.382. The summed E-state index contributed by atoms with van der Waals surface area (Å²) in [5.41, 5.74) is 5.51. The molecule has 0 aliphatic carbocycles. The molecule has 1 aromatic heterocycles. The molecule has 5 rings (SSSR count). The summed E-state index contributed by atoms with van der Waals surface area (Å²) in [5, 5.41) is 1.02. The predicted octanol–water partition coefficient (Wildman–Crippen LogP) is 5.08. The first-order valence-electron chi connectivity index (χ1n) is 12.2. The summed E-state index contributed by atoms with van der Waals surface area (Å²) in [6.45, 7) is 5.47. The van der Waals surface area contributed by atoms with Crippen LogP contribution in [0.15, 0.2) is 60.7 Å². The van der Waals surface area contributed by atoms with Crippen LogP contribution in [0.5, 0.6) is 17.5 Å². The smallest absolute Gasteiger partial charge is 0.318 e. The third-order valence-electron chi connectivity index (χ3n) is 6.42. The van der Waals surface area contributed by atoms with Crippen LogP contribution in [0.2, 0.25) is 0 Å². The molecule has 0 saturated carbocycles. The fourth-order valence-corrected chi connectivity index (χ4v) is 4.39. The van der Waals surface area contributed by atoms with Crippen LogP contribution in [0, 0.1) is 6.92 Å². The lowest BCUT2D eigenvalue weighted by Gasteiger charge is -2.29. The first-order valence-corrected chi connectivity index (χ1v) is 12.2.